The summed E-state index contributed by atoms with van der Waals surface area (Å²) in [5.74, 6) is 0.712. The molecule has 0 fully saturated rings. The molecule has 1 aromatic heterocycles. The summed E-state index contributed by atoms with van der Waals surface area (Å²) in [7, 11) is 0. The van der Waals surface area contributed by atoms with E-state index < -0.39 is 0 Å². The van der Waals surface area contributed by atoms with Crippen LogP contribution in [0.2, 0.25) is 0 Å². The van der Waals surface area contributed by atoms with Gasteiger partial charge in [0, 0.05) is 23.4 Å². The molecule has 5 nitrogen and oxygen atoms in total. The van der Waals surface area contributed by atoms with Crippen LogP contribution in [-0.2, 0) is 11.3 Å². The highest BCUT2D eigenvalue weighted by atomic mass is 16.5. The van der Waals surface area contributed by atoms with Gasteiger partial charge in [-0.15, -0.1) is 0 Å². The first kappa shape index (κ1) is 15.3. The van der Waals surface area contributed by atoms with Gasteiger partial charge in [-0.1, -0.05) is 20.8 Å². The molecule has 0 saturated carbocycles. The third-order valence-corrected chi connectivity index (χ3v) is 4.42. The topological polar surface area (TPSA) is 66.2 Å². The lowest BCUT2D eigenvalue weighted by molar-refractivity contribution is -0.142. The highest BCUT2D eigenvalue weighted by Gasteiger charge is 2.34. The molecule has 0 aromatic carbocycles. The first-order valence-electron chi connectivity index (χ1n) is 7.35. The Bertz CT molecular complexity index is 573. The molecule has 0 radical (unpaired) electrons. The molecule has 5 heteroatoms. The lowest BCUT2D eigenvalue weighted by Gasteiger charge is -2.32. The SMILES string of the molecule is CCC(C)(CC)C(=O)N1CCOc2c(C#N)cncc2C1. The van der Waals surface area contributed by atoms with Crippen molar-refractivity contribution in [1.82, 2.24) is 9.88 Å². The van der Waals surface area contributed by atoms with Crippen LogP contribution in [0.3, 0.4) is 0 Å². The highest BCUT2D eigenvalue weighted by molar-refractivity contribution is 5.82. The first-order valence-corrected chi connectivity index (χ1v) is 7.35. The zero-order valence-corrected chi connectivity index (χ0v) is 12.8. The predicted molar refractivity (Wildman–Crippen MR) is 78.6 cm³/mol. The number of nitrogens with zero attached hydrogens (tertiary/aromatic N) is 3. The van der Waals surface area contributed by atoms with Crippen LogP contribution < -0.4 is 4.74 Å². The van der Waals surface area contributed by atoms with E-state index in [-0.39, 0.29) is 11.3 Å². The molecule has 0 atom stereocenters. The molecule has 112 valence electrons. The van der Waals surface area contributed by atoms with Gasteiger partial charge >= 0.3 is 0 Å². The lowest BCUT2D eigenvalue weighted by atomic mass is 9.83. The molecule has 1 amide bonds. The molecule has 21 heavy (non-hydrogen) atoms. The van der Waals surface area contributed by atoms with Crippen LogP contribution in [0, 0.1) is 16.7 Å². The fourth-order valence-corrected chi connectivity index (χ4v) is 2.50. The Morgan fingerprint density at radius 2 is 2.19 bits per heavy atom. The number of ether oxygens (including phenoxy) is 1. The normalized spacial score (nSPS) is 14.7. The summed E-state index contributed by atoms with van der Waals surface area (Å²) < 4.78 is 5.67. The monoisotopic (exact) mass is 287 g/mol. The summed E-state index contributed by atoms with van der Waals surface area (Å²) >= 11 is 0. The van der Waals surface area contributed by atoms with Crippen molar-refractivity contribution in [3.05, 3.63) is 23.5 Å². The zero-order chi connectivity index (χ0) is 15.5. The molecule has 0 N–H and O–H groups in total. The van der Waals surface area contributed by atoms with E-state index in [1.54, 1.807) is 6.20 Å². The minimum Gasteiger partial charge on any atom is -0.490 e. The second kappa shape index (κ2) is 6.13. The van der Waals surface area contributed by atoms with E-state index in [2.05, 4.69) is 11.1 Å². The number of amides is 1. The largest absolute Gasteiger partial charge is 0.490 e. The van der Waals surface area contributed by atoms with Gasteiger partial charge in [0.2, 0.25) is 5.91 Å². The number of hydrogen-bond acceptors (Lipinski definition) is 4. The number of carbonyl (C=O) groups excluding carboxylic acids is 1. The van der Waals surface area contributed by atoms with Crippen molar-refractivity contribution < 1.29 is 9.53 Å². The Morgan fingerprint density at radius 3 is 2.81 bits per heavy atom. The second-order valence-electron chi connectivity index (χ2n) is 5.63. The number of nitriles is 1. The van der Waals surface area contributed by atoms with E-state index in [9.17, 15) is 4.79 Å². The minimum atomic E-state index is -0.342. The summed E-state index contributed by atoms with van der Waals surface area (Å²) in [6, 6.07) is 2.09. The van der Waals surface area contributed by atoms with E-state index in [1.807, 2.05) is 25.7 Å². The van der Waals surface area contributed by atoms with Crippen molar-refractivity contribution in [3.8, 4) is 11.8 Å². The lowest BCUT2D eigenvalue weighted by Crippen LogP contribution is -2.42. The van der Waals surface area contributed by atoms with Gasteiger partial charge in [0.05, 0.1) is 13.1 Å². The Balaban J connectivity index is 2.30. The zero-order valence-electron chi connectivity index (χ0n) is 12.8. The summed E-state index contributed by atoms with van der Waals surface area (Å²) in [6.45, 7) is 7.48. The van der Waals surface area contributed by atoms with Gasteiger partial charge < -0.3 is 9.64 Å². The second-order valence-corrected chi connectivity index (χ2v) is 5.63. The average molecular weight is 287 g/mol. The summed E-state index contributed by atoms with van der Waals surface area (Å²) in [4.78, 5) is 18.7. The molecular formula is C16H21N3O2. The number of rotatable bonds is 3. The van der Waals surface area contributed by atoms with Gasteiger partial charge in [0.15, 0.2) is 0 Å². The Hall–Kier alpha value is -2.09. The van der Waals surface area contributed by atoms with Crippen LogP contribution in [0.5, 0.6) is 5.75 Å². The average Bonchev–Trinajstić information content (AvgIpc) is 2.75. The van der Waals surface area contributed by atoms with Crippen molar-refractivity contribution in [2.45, 2.75) is 40.2 Å². The van der Waals surface area contributed by atoms with Gasteiger partial charge in [-0.05, 0) is 12.8 Å². The fourth-order valence-electron chi connectivity index (χ4n) is 2.50. The molecule has 0 aliphatic carbocycles. The maximum Gasteiger partial charge on any atom is 0.228 e. The van der Waals surface area contributed by atoms with E-state index in [4.69, 9.17) is 10.00 Å². The van der Waals surface area contributed by atoms with Crippen molar-refractivity contribution >= 4 is 5.91 Å². The molecular weight excluding hydrogens is 266 g/mol. The maximum atomic E-state index is 12.8. The maximum absolute atomic E-state index is 12.8. The quantitative estimate of drug-likeness (QED) is 0.856. The molecule has 0 saturated heterocycles. The molecule has 0 bridgehead atoms. The molecule has 1 aromatic rings. The van der Waals surface area contributed by atoms with Crippen LogP contribution in [0.4, 0.5) is 0 Å². The molecule has 1 aliphatic heterocycles. The summed E-state index contributed by atoms with van der Waals surface area (Å²) in [5.41, 5.74) is 0.884. The standard InChI is InChI=1S/C16H21N3O2/c1-4-16(3,5-2)15(20)19-6-7-21-14-12(8-17)9-18-10-13(14)11-19/h9-10H,4-7,11H2,1-3H3. The minimum absolute atomic E-state index is 0.145. The van der Waals surface area contributed by atoms with Gasteiger partial charge in [-0.3, -0.25) is 9.78 Å². The van der Waals surface area contributed by atoms with Crippen LogP contribution in [0.15, 0.2) is 12.4 Å². The number of hydrogen-bond donors (Lipinski definition) is 0. The first-order chi connectivity index (χ1) is 10.1. The predicted octanol–water partition coefficient (Wildman–Crippen LogP) is 2.50. The van der Waals surface area contributed by atoms with E-state index in [1.165, 1.54) is 6.20 Å². The number of fused-ring (bicyclic) bond motifs is 1. The van der Waals surface area contributed by atoms with Gasteiger partial charge in [-0.2, -0.15) is 5.26 Å². The van der Waals surface area contributed by atoms with Crippen molar-refractivity contribution in [2.75, 3.05) is 13.2 Å². The van der Waals surface area contributed by atoms with E-state index in [0.717, 1.165) is 18.4 Å². The Morgan fingerprint density at radius 1 is 1.48 bits per heavy atom. The molecule has 2 heterocycles. The highest BCUT2D eigenvalue weighted by Crippen LogP contribution is 2.31. The van der Waals surface area contributed by atoms with Gasteiger partial charge in [-0.25, -0.2) is 0 Å². The summed E-state index contributed by atoms with van der Waals surface area (Å²) in [5, 5.41) is 9.12. The van der Waals surface area contributed by atoms with Crippen molar-refractivity contribution in [1.29, 1.82) is 5.26 Å². The molecule has 0 unspecified atom stereocenters. The third-order valence-electron chi connectivity index (χ3n) is 4.42. The number of aromatic nitrogens is 1. The Labute approximate surface area is 125 Å². The third kappa shape index (κ3) is 2.85. The molecule has 2 rings (SSSR count). The fraction of sp³-hybridized carbons (Fsp3) is 0.562. The number of carbonyl (C=O) groups is 1. The van der Waals surface area contributed by atoms with Crippen molar-refractivity contribution in [3.63, 3.8) is 0 Å². The van der Waals surface area contributed by atoms with Crippen LogP contribution >= 0.6 is 0 Å². The summed E-state index contributed by atoms with van der Waals surface area (Å²) in [6.07, 6.45) is 4.79. The van der Waals surface area contributed by atoms with E-state index in [0.29, 0.717) is 31.0 Å². The van der Waals surface area contributed by atoms with E-state index >= 15 is 0 Å². The molecule has 1 aliphatic rings. The van der Waals surface area contributed by atoms with Gasteiger partial charge in [0.1, 0.15) is 24.0 Å². The van der Waals surface area contributed by atoms with Crippen LogP contribution in [-0.4, -0.2) is 28.9 Å². The smallest absolute Gasteiger partial charge is 0.228 e. The Kier molecular flexibility index (Phi) is 4.46. The van der Waals surface area contributed by atoms with Crippen LogP contribution in [0.1, 0.15) is 44.7 Å². The van der Waals surface area contributed by atoms with Crippen molar-refractivity contribution in [2.24, 2.45) is 5.41 Å². The number of pyridine rings is 1. The van der Waals surface area contributed by atoms with Gasteiger partial charge in [0.25, 0.3) is 0 Å². The van der Waals surface area contributed by atoms with Crippen LogP contribution in [0.25, 0.3) is 0 Å². The molecule has 0 spiro atoms.